The number of carbonyl (C=O) groups is 2. The number of ether oxygens (including phenoxy) is 2. The molecule has 4 fully saturated rings. The van der Waals surface area contributed by atoms with Gasteiger partial charge in [-0.15, -0.1) is 0 Å². The Kier molecular flexibility index (Phi) is 6.92. The van der Waals surface area contributed by atoms with Crippen LogP contribution in [0.5, 0.6) is 0 Å². The Balaban J connectivity index is 1.54. The Labute approximate surface area is 198 Å². The zero-order valence-corrected chi connectivity index (χ0v) is 21.1. The van der Waals surface area contributed by atoms with Crippen molar-refractivity contribution in [3.63, 3.8) is 0 Å². The van der Waals surface area contributed by atoms with Gasteiger partial charge in [0.1, 0.15) is 6.10 Å². The Bertz CT molecular complexity index is 753. The van der Waals surface area contributed by atoms with Crippen molar-refractivity contribution in [3.05, 3.63) is 0 Å². The standard InChI is InChI=1S/C27H44O6/c1-15(6-9-24(31)32-5)19-7-8-20-25-21(14-23(30)27(19,20)4)26(3)11-10-18(33-16(2)28)12-17(26)13-22(25)29/h15,17-23,25,29-30H,6-14H2,1-5H3/t15-,17+,18?,19?,20+,21+,22-,23+,25+,26+,27-/m1/s1. The van der Waals surface area contributed by atoms with Crippen molar-refractivity contribution in [1.82, 2.24) is 0 Å². The Morgan fingerprint density at radius 2 is 1.79 bits per heavy atom. The summed E-state index contributed by atoms with van der Waals surface area (Å²) >= 11 is 0. The Hall–Kier alpha value is -1.14. The van der Waals surface area contributed by atoms with E-state index in [1.165, 1.54) is 14.0 Å². The summed E-state index contributed by atoms with van der Waals surface area (Å²) in [4.78, 5) is 23.2. The highest BCUT2D eigenvalue weighted by Gasteiger charge is 2.65. The average molecular weight is 465 g/mol. The molecule has 0 saturated heterocycles. The molecule has 2 N–H and O–H groups in total. The first-order valence-electron chi connectivity index (χ1n) is 13.1. The van der Waals surface area contributed by atoms with Crippen LogP contribution in [0.4, 0.5) is 0 Å². The third kappa shape index (κ3) is 4.13. The average Bonchev–Trinajstić information content (AvgIpc) is 3.11. The van der Waals surface area contributed by atoms with Crippen LogP contribution in [0.3, 0.4) is 0 Å². The fraction of sp³-hybridized carbons (Fsp3) is 0.926. The molecule has 4 rings (SSSR count). The van der Waals surface area contributed by atoms with Crippen LogP contribution in [-0.2, 0) is 19.1 Å². The fourth-order valence-electron chi connectivity index (χ4n) is 9.11. The topological polar surface area (TPSA) is 93.1 Å². The summed E-state index contributed by atoms with van der Waals surface area (Å²) in [5.74, 6) is 1.41. The van der Waals surface area contributed by atoms with Crippen LogP contribution in [0.15, 0.2) is 0 Å². The van der Waals surface area contributed by atoms with Crippen LogP contribution >= 0.6 is 0 Å². The quantitative estimate of drug-likeness (QED) is 0.595. The second-order valence-corrected chi connectivity index (χ2v) is 12.2. The molecule has 6 heteroatoms. The third-order valence-electron chi connectivity index (χ3n) is 10.9. The number of hydrogen-bond acceptors (Lipinski definition) is 6. The lowest BCUT2D eigenvalue weighted by molar-refractivity contribution is -0.209. The van der Waals surface area contributed by atoms with Crippen LogP contribution in [-0.4, -0.2) is 47.6 Å². The maximum Gasteiger partial charge on any atom is 0.305 e. The smallest absolute Gasteiger partial charge is 0.305 e. The normalized spacial score (nSPS) is 47.6. The molecule has 188 valence electrons. The first-order valence-corrected chi connectivity index (χ1v) is 13.1. The number of esters is 2. The summed E-state index contributed by atoms with van der Waals surface area (Å²) in [6.07, 6.45) is 6.65. The van der Waals surface area contributed by atoms with Gasteiger partial charge in [-0.1, -0.05) is 20.8 Å². The molecule has 0 aliphatic heterocycles. The molecule has 0 aromatic carbocycles. The van der Waals surface area contributed by atoms with Gasteiger partial charge in [0.05, 0.1) is 19.3 Å². The predicted molar refractivity (Wildman–Crippen MR) is 124 cm³/mol. The summed E-state index contributed by atoms with van der Waals surface area (Å²) in [5, 5.41) is 23.1. The molecule has 4 saturated carbocycles. The van der Waals surface area contributed by atoms with Crippen molar-refractivity contribution in [2.24, 2.45) is 46.3 Å². The maximum absolute atomic E-state index is 11.7. The van der Waals surface area contributed by atoms with Gasteiger partial charge in [0.15, 0.2) is 0 Å². The third-order valence-corrected chi connectivity index (χ3v) is 10.9. The first kappa shape index (κ1) is 25.0. The molecule has 0 heterocycles. The molecule has 6 nitrogen and oxygen atoms in total. The van der Waals surface area contributed by atoms with Crippen LogP contribution in [0.1, 0.15) is 85.5 Å². The van der Waals surface area contributed by atoms with Crippen molar-refractivity contribution in [3.8, 4) is 0 Å². The zero-order chi connectivity index (χ0) is 24.1. The van der Waals surface area contributed by atoms with Gasteiger partial charge < -0.3 is 19.7 Å². The van der Waals surface area contributed by atoms with Crippen molar-refractivity contribution in [2.45, 2.75) is 104 Å². The van der Waals surface area contributed by atoms with Gasteiger partial charge in [0.25, 0.3) is 0 Å². The summed E-state index contributed by atoms with van der Waals surface area (Å²) in [7, 11) is 1.43. The van der Waals surface area contributed by atoms with Gasteiger partial charge in [0, 0.05) is 13.3 Å². The molecule has 0 aromatic heterocycles. The lowest BCUT2D eigenvalue weighted by Crippen LogP contribution is -2.62. The number of rotatable bonds is 5. The van der Waals surface area contributed by atoms with Crippen LogP contribution in [0.2, 0.25) is 0 Å². The molecule has 4 aliphatic rings. The maximum atomic E-state index is 11.7. The Morgan fingerprint density at radius 1 is 1.06 bits per heavy atom. The zero-order valence-electron chi connectivity index (χ0n) is 21.1. The molecule has 0 aromatic rings. The van der Waals surface area contributed by atoms with E-state index in [2.05, 4.69) is 20.8 Å². The summed E-state index contributed by atoms with van der Waals surface area (Å²) in [6, 6.07) is 0. The number of aliphatic hydroxyl groups excluding tert-OH is 2. The fourth-order valence-corrected chi connectivity index (χ4v) is 9.11. The molecule has 0 bridgehead atoms. The minimum atomic E-state index is -0.397. The van der Waals surface area contributed by atoms with E-state index in [0.717, 1.165) is 51.4 Å². The minimum absolute atomic E-state index is 0.0466. The molecule has 0 spiro atoms. The first-order chi connectivity index (χ1) is 15.5. The number of methoxy groups -OCH3 is 1. The highest BCUT2D eigenvalue weighted by atomic mass is 16.5. The van der Waals surface area contributed by atoms with Crippen molar-refractivity contribution >= 4 is 11.9 Å². The van der Waals surface area contributed by atoms with Gasteiger partial charge in [0.2, 0.25) is 0 Å². The van der Waals surface area contributed by atoms with Crippen molar-refractivity contribution < 1.29 is 29.3 Å². The predicted octanol–water partition coefficient (Wildman–Crippen LogP) is 4.11. The van der Waals surface area contributed by atoms with Gasteiger partial charge in [-0.3, -0.25) is 9.59 Å². The molecular formula is C27H44O6. The highest BCUT2D eigenvalue weighted by Crippen LogP contribution is 2.68. The second kappa shape index (κ2) is 9.14. The molecular weight excluding hydrogens is 420 g/mol. The monoisotopic (exact) mass is 464 g/mol. The summed E-state index contributed by atoms with van der Waals surface area (Å²) in [6.45, 7) is 8.31. The highest BCUT2D eigenvalue weighted by molar-refractivity contribution is 5.69. The number of hydrogen-bond donors (Lipinski definition) is 2. The van der Waals surface area contributed by atoms with Gasteiger partial charge >= 0.3 is 11.9 Å². The van der Waals surface area contributed by atoms with Crippen LogP contribution < -0.4 is 0 Å². The molecule has 33 heavy (non-hydrogen) atoms. The van der Waals surface area contributed by atoms with E-state index in [-0.39, 0.29) is 40.9 Å². The molecule has 4 aliphatic carbocycles. The van der Waals surface area contributed by atoms with Crippen molar-refractivity contribution in [2.75, 3.05) is 7.11 Å². The lowest BCUT2D eigenvalue weighted by atomic mass is 9.43. The van der Waals surface area contributed by atoms with E-state index in [0.29, 0.717) is 36.0 Å². The van der Waals surface area contributed by atoms with E-state index in [9.17, 15) is 19.8 Å². The van der Waals surface area contributed by atoms with Crippen molar-refractivity contribution in [1.29, 1.82) is 0 Å². The van der Waals surface area contributed by atoms with Crippen LogP contribution in [0, 0.1) is 46.3 Å². The van der Waals surface area contributed by atoms with Gasteiger partial charge in [-0.25, -0.2) is 0 Å². The summed E-state index contributed by atoms with van der Waals surface area (Å²) in [5.41, 5.74) is -0.159. The van der Waals surface area contributed by atoms with E-state index < -0.39 is 6.10 Å². The van der Waals surface area contributed by atoms with E-state index >= 15 is 0 Å². The van der Waals surface area contributed by atoms with Gasteiger partial charge in [-0.05, 0) is 97.7 Å². The van der Waals surface area contributed by atoms with E-state index in [1.807, 2.05) is 0 Å². The molecule has 0 amide bonds. The number of aliphatic hydroxyl groups is 2. The molecule has 11 atom stereocenters. The Morgan fingerprint density at radius 3 is 2.45 bits per heavy atom. The lowest BCUT2D eigenvalue weighted by Gasteiger charge is -2.63. The summed E-state index contributed by atoms with van der Waals surface area (Å²) < 4.78 is 10.4. The second-order valence-electron chi connectivity index (χ2n) is 12.2. The molecule has 2 unspecified atom stereocenters. The number of carbonyl (C=O) groups excluding carboxylic acids is 2. The van der Waals surface area contributed by atoms with Gasteiger partial charge in [-0.2, -0.15) is 0 Å². The largest absolute Gasteiger partial charge is 0.469 e. The van der Waals surface area contributed by atoms with Crippen LogP contribution in [0.25, 0.3) is 0 Å². The minimum Gasteiger partial charge on any atom is -0.469 e. The molecule has 0 radical (unpaired) electrons. The van der Waals surface area contributed by atoms with E-state index in [1.54, 1.807) is 0 Å². The van der Waals surface area contributed by atoms with E-state index in [4.69, 9.17) is 9.47 Å². The SMILES string of the molecule is COC(=O)CC[C@@H](C)C1CC[C@H]2[C@@H]3[C@H](O)C[C@@H]4CC(OC(C)=O)CC[C@]4(C)[C@H]3C[C@H](O)[C@]12C. The number of fused-ring (bicyclic) bond motifs is 5.